The third-order valence-electron chi connectivity index (χ3n) is 3.37. The summed E-state index contributed by atoms with van der Waals surface area (Å²) in [6.07, 6.45) is 0. The van der Waals surface area contributed by atoms with Crippen LogP contribution in [0.4, 0.5) is 4.79 Å². The highest BCUT2D eigenvalue weighted by atomic mass is 16.5. The van der Waals surface area contributed by atoms with E-state index in [-0.39, 0.29) is 12.6 Å². The number of nitrogens with one attached hydrogen (secondary N) is 1. The molecule has 0 fully saturated rings. The summed E-state index contributed by atoms with van der Waals surface area (Å²) in [6.45, 7) is 4.13. The van der Waals surface area contributed by atoms with Crippen LogP contribution in [-0.2, 0) is 14.3 Å². The molecule has 1 aliphatic heterocycles. The van der Waals surface area contributed by atoms with Crippen LogP contribution in [0.2, 0.25) is 0 Å². The summed E-state index contributed by atoms with van der Waals surface area (Å²) in [5, 5.41) is 2.67. The summed E-state index contributed by atoms with van der Waals surface area (Å²) in [7, 11) is 4.46. The van der Waals surface area contributed by atoms with Crippen LogP contribution in [0, 0.1) is 0 Å². The fourth-order valence-corrected chi connectivity index (χ4v) is 2.39. The highest BCUT2D eigenvalue weighted by molar-refractivity contribution is 5.95. The number of ether oxygens (including phenoxy) is 2. The molecule has 1 aromatic carbocycles. The van der Waals surface area contributed by atoms with E-state index in [9.17, 15) is 9.59 Å². The van der Waals surface area contributed by atoms with Crippen LogP contribution >= 0.6 is 0 Å². The van der Waals surface area contributed by atoms with E-state index in [0.29, 0.717) is 11.3 Å². The highest BCUT2D eigenvalue weighted by Gasteiger charge is 2.37. The predicted molar refractivity (Wildman–Crippen MR) is 87.7 cm³/mol. The van der Waals surface area contributed by atoms with Gasteiger partial charge in [-0.3, -0.25) is 0 Å². The molecule has 1 atom stereocenters. The van der Waals surface area contributed by atoms with Gasteiger partial charge in [0.1, 0.15) is 0 Å². The number of hydrogen-bond acceptors (Lipinski definition) is 4. The Kier molecular flexibility index (Phi) is 7.28. The van der Waals surface area contributed by atoms with Crippen molar-refractivity contribution in [1.29, 1.82) is 0 Å². The smallest absolute Gasteiger partial charge is 0.338 e. The molecule has 2 rings (SSSR count). The molecule has 0 bridgehead atoms. The van der Waals surface area contributed by atoms with Crippen molar-refractivity contribution in [2.75, 3.05) is 27.9 Å². The quantitative estimate of drug-likeness (QED) is 0.866. The lowest BCUT2D eigenvalue weighted by Gasteiger charge is -2.35. The van der Waals surface area contributed by atoms with Gasteiger partial charge in [0, 0.05) is 14.2 Å². The van der Waals surface area contributed by atoms with Gasteiger partial charge >= 0.3 is 12.0 Å². The van der Waals surface area contributed by atoms with Crippen molar-refractivity contribution in [2.24, 2.45) is 0 Å². The van der Waals surface area contributed by atoms with E-state index < -0.39 is 12.0 Å². The van der Waals surface area contributed by atoms with Gasteiger partial charge in [0.05, 0.1) is 31.0 Å². The normalized spacial score (nSPS) is 17.2. The molecule has 1 N–H and O–H groups in total. The first-order valence-electron chi connectivity index (χ1n) is 7.49. The molecule has 0 saturated carbocycles. The van der Waals surface area contributed by atoms with Crippen LogP contribution in [0.25, 0.3) is 0 Å². The van der Waals surface area contributed by atoms with Gasteiger partial charge in [-0.05, 0) is 5.56 Å². The van der Waals surface area contributed by atoms with Crippen molar-refractivity contribution in [2.45, 2.75) is 19.9 Å². The number of esters is 1. The summed E-state index contributed by atoms with van der Waals surface area (Å²) < 4.78 is 9.95. The SMILES string of the molecule is CC.COCC1=C(C(=O)OC)[C@H](c2ccccc2)N(C)C(=O)N1. The molecule has 0 spiro atoms. The van der Waals surface area contributed by atoms with Crippen LogP contribution < -0.4 is 5.32 Å². The zero-order valence-corrected chi connectivity index (χ0v) is 14.3. The van der Waals surface area contributed by atoms with Crippen molar-refractivity contribution in [3.63, 3.8) is 0 Å². The molecule has 0 aromatic heterocycles. The van der Waals surface area contributed by atoms with Gasteiger partial charge in [-0.15, -0.1) is 0 Å². The van der Waals surface area contributed by atoms with E-state index in [1.165, 1.54) is 19.1 Å². The number of nitrogens with zero attached hydrogens (tertiary/aromatic N) is 1. The number of likely N-dealkylation sites (N-methyl/N-ethyl adjacent to an activating group) is 1. The molecule has 0 aliphatic carbocycles. The van der Waals surface area contributed by atoms with Gasteiger partial charge in [0.2, 0.25) is 0 Å². The Balaban J connectivity index is 0.00000127. The van der Waals surface area contributed by atoms with Crippen LogP contribution in [0.5, 0.6) is 0 Å². The molecule has 0 radical (unpaired) electrons. The number of carbonyl (C=O) groups excluding carboxylic acids is 2. The first-order valence-corrected chi connectivity index (χ1v) is 7.49. The molecular weight excluding hydrogens is 296 g/mol. The van der Waals surface area contributed by atoms with E-state index in [0.717, 1.165) is 5.56 Å². The summed E-state index contributed by atoms with van der Waals surface area (Å²) in [5.41, 5.74) is 1.65. The molecular formula is C17H24N2O4. The van der Waals surface area contributed by atoms with Gasteiger partial charge in [-0.2, -0.15) is 0 Å². The number of benzene rings is 1. The van der Waals surface area contributed by atoms with Crippen molar-refractivity contribution in [1.82, 2.24) is 10.2 Å². The van der Waals surface area contributed by atoms with Crippen LogP contribution in [-0.4, -0.2) is 44.8 Å². The third kappa shape index (κ3) is 4.10. The molecule has 1 heterocycles. The van der Waals surface area contributed by atoms with Crippen molar-refractivity contribution < 1.29 is 19.1 Å². The van der Waals surface area contributed by atoms with Crippen molar-refractivity contribution in [3.8, 4) is 0 Å². The second-order valence-electron chi connectivity index (χ2n) is 4.67. The van der Waals surface area contributed by atoms with Crippen molar-refractivity contribution >= 4 is 12.0 Å². The van der Waals surface area contributed by atoms with Gasteiger partial charge in [0.25, 0.3) is 0 Å². The monoisotopic (exact) mass is 320 g/mol. The van der Waals surface area contributed by atoms with Gasteiger partial charge < -0.3 is 19.7 Å². The molecule has 0 saturated heterocycles. The molecule has 6 nitrogen and oxygen atoms in total. The minimum Gasteiger partial charge on any atom is -0.466 e. The Labute approximate surface area is 137 Å². The van der Waals surface area contributed by atoms with E-state index in [1.807, 2.05) is 44.2 Å². The summed E-state index contributed by atoms with van der Waals surface area (Å²) in [4.78, 5) is 25.7. The maximum atomic E-state index is 12.2. The number of rotatable bonds is 4. The van der Waals surface area contributed by atoms with Gasteiger partial charge in [-0.25, -0.2) is 9.59 Å². The Bertz CT molecular complexity index is 569. The molecule has 2 amide bonds. The van der Waals surface area contributed by atoms with E-state index in [2.05, 4.69) is 5.32 Å². The Morgan fingerprint density at radius 3 is 2.35 bits per heavy atom. The van der Waals surface area contributed by atoms with Crippen LogP contribution in [0.15, 0.2) is 41.6 Å². The van der Waals surface area contributed by atoms with E-state index in [1.54, 1.807) is 7.05 Å². The largest absolute Gasteiger partial charge is 0.466 e. The number of urea groups is 1. The highest BCUT2D eigenvalue weighted by Crippen LogP contribution is 2.33. The standard InChI is InChI=1S/C15H18N2O4.C2H6/c1-17-13(10-7-5-4-6-8-10)12(14(18)21-3)11(9-20-2)16-15(17)19;1-2/h4-8,13H,9H2,1-3H3,(H,16,19);1-2H3/t13-;/m0./s1. The molecule has 1 aliphatic rings. The van der Waals surface area contributed by atoms with Crippen LogP contribution in [0.1, 0.15) is 25.5 Å². The predicted octanol–water partition coefficient (Wildman–Crippen LogP) is 2.48. The average molecular weight is 320 g/mol. The summed E-state index contributed by atoms with van der Waals surface area (Å²) in [6, 6.07) is 8.55. The number of hydrogen-bond donors (Lipinski definition) is 1. The zero-order valence-electron chi connectivity index (χ0n) is 14.3. The second kappa shape index (κ2) is 8.95. The summed E-state index contributed by atoms with van der Waals surface area (Å²) >= 11 is 0. The second-order valence-corrected chi connectivity index (χ2v) is 4.67. The third-order valence-corrected chi connectivity index (χ3v) is 3.37. The lowest BCUT2D eigenvalue weighted by Crippen LogP contribution is -2.47. The number of amides is 2. The Hall–Kier alpha value is -2.34. The minimum absolute atomic E-state index is 0.132. The molecule has 0 unspecified atom stereocenters. The van der Waals surface area contributed by atoms with E-state index >= 15 is 0 Å². The van der Waals surface area contributed by atoms with Gasteiger partial charge in [0.15, 0.2) is 0 Å². The zero-order chi connectivity index (χ0) is 17.4. The first-order chi connectivity index (χ1) is 11.1. The number of carbonyl (C=O) groups is 2. The lowest BCUT2D eigenvalue weighted by atomic mass is 9.94. The molecule has 126 valence electrons. The maximum absolute atomic E-state index is 12.2. The topological polar surface area (TPSA) is 67.9 Å². The molecule has 23 heavy (non-hydrogen) atoms. The lowest BCUT2D eigenvalue weighted by molar-refractivity contribution is -0.137. The first kappa shape index (κ1) is 18.7. The van der Waals surface area contributed by atoms with Gasteiger partial charge in [-0.1, -0.05) is 44.2 Å². The average Bonchev–Trinajstić information content (AvgIpc) is 2.59. The maximum Gasteiger partial charge on any atom is 0.338 e. The van der Waals surface area contributed by atoms with Crippen LogP contribution in [0.3, 0.4) is 0 Å². The Morgan fingerprint density at radius 2 is 1.83 bits per heavy atom. The van der Waals surface area contributed by atoms with Crippen molar-refractivity contribution in [3.05, 3.63) is 47.2 Å². The fourth-order valence-electron chi connectivity index (χ4n) is 2.39. The fraction of sp³-hybridized carbons (Fsp3) is 0.412. The molecule has 6 heteroatoms. The summed E-state index contributed by atoms with van der Waals surface area (Å²) in [5.74, 6) is -0.484. The van der Waals surface area contributed by atoms with E-state index in [4.69, 9.17) is 9.47 Å². The minimum atomic E-state index is -0.502. The molecule has 1 aromatic rings. The number of methoxy groups -OCH3 is 2. The Morgan fingerprint density at radius 1 is 1.22 bits per heavy atom.